The van der Waals surface area contributed by atoms with E-state index in [0.717, 1.165) is 19.4 Å². The third kappa shape index (κ3) is 2.08. The fraction of sp³-hybridized carbons (Fsp3) is 0.667. The molecule has 13 heavy (non-hydrogen) atoms. The molecular formula is C9H15N3O. The van der Waals surface area contributed by atoms with E-state index in [1.165, 1.54) is 0 Å². The maximum atomic E-state index is 10.1. The molecule has 1 aliphatic rings. The molecule has 1 atom stereocenters. The van der Waals surface area contributed by atoms with E-state index >= 15 is 0 Å². The van der Waals surface area contributed by atoms with Crippen LogP contribution in [0.5, 0.6) is 0 Å². The van der Waals surface area contributed by atoms with E-state index in [2.05, 4.69) is 10.4 Å². The molecular weight excluding hydrogens is 166 g/mol. The SMILES string of the molecule is OC1(Cn2cccn2)CCCNC1. The number of piperidine rings is 1. The molecule has 2 N–H and O–H groups in total. The van der Waals surface area contributed by atoms with Crippen LogP contribution < -0.4 is 5.32 Å². The van der Waals surface area contributed by atoms with Crippen molar-refractivity contribution in [3.8, 4) is 0 Å². The second-order valence-corrected chi connectivity index (χ2v) is 3.71. The summed E-state index contributed by atoms with van der Waals surface area (Å²) in [7, 11) is 0. The average Bonchev–Trinajstić information content (AvgIpc) is 2.57. The van der Waals surface area contributed by atoms with Crippen LogP contribution in [0.25, 0.3) is 0 Å². The molecule has 1 aromatic rings. The van der Waals surface area contributed by atoms with Gasteiger partial charge in [-0.3, -0.25) is 4.68 Å². The van der Waals surface area contributed by atoms with Gasteiger partial charge in [-0.25, -0.2) is 0 Å². The predicted molar refractivity (Wildman–Crippen MR) is 49.3 cm³/mol. The van der Waals surface area contributed by atoms with Crippen molar-refractivity contribution in [3.05, 3.63) is 18.5 Å². The number of nitrogens with zero attached hydrogens (tertiary/aromatic N) is 2. The number of hydrogen-bond acceptors (Lipinski definition) is 3. The van der Waals surface area contributed by atoms with E-state index < -0.39 is 5.60 Å². The average molecular weight is 181 g/mol. The number of aliphatic hydroxyl groups is 1. The van der Waals surface area contributed by atoms with Crippen molar-refractivity contribution in [3.63, 3.8) is 0 Å². The number of rotatable bonds is 2. The minimum atomic E-state index is -0.607. The lowest BCUT2D eigenvalue weighted by Gasteiger charge is -2.32. The van der Waals surface area contributed by atoms with Gasteiger partial charge in [0.25, 0.3) is 0 Å². The molecule has 2 heterocycles. The molecule has 1 aromatic heterocycles. The maximum absolute atomic E-state index is 10.1. The van der Waals surface area contributed by atoms with E-state index in [1.54, 1.807) is 10.9 Å². The second-order valence-electron chi connectivity index (χ2n) is 3.71. The zero-order chi connectivity index (χ0) is 9.15. The zero-order valence-corrected chi connectivity index (χ0v) is 7.61. The molecule has 2 rings (SSSR count). The van der Waals surface area contributed by atoms with Gasteiger partial charge in [-0.2, -0.15) is 5.10 Å². The van der Waals surface area contributed by atoms with Crippen molar-refractivity contribution in [2.75, 3.05) is 13.1 Å². The first-order valence-electron chi connectivity index (χ1n) is 4.69. The lowest BCUT2D eigenvalue weighted by Crippen LogP contribution is -2.48. The fourth-order valence-corrected chi connectivity index (χ4v) is 1.78. The molecule has 72 valence electrons. The van der Waals surface area contributed by atoms with Crippen molar-refractivity contribution in [1.29, 1.82) is 0 Å². The summed E-state index contributed by atoms with van der Waals surface area (Å²) in [5.41, 5.74) is -0.607. The molecule has 4 nitrogen and oxygen atoms in total. The molecule has 0 aliphatic carbocycles. The molecule has 0 saturated carbocycles. The molecule has 0 spiro atoms. The minimum Gasteiger partial charge on any atom is -0.387 e. The Kier molecular flexibility index (Phi) is 2.33. The van der Waals surface area contributed by atoms with Crippen molar-refractivity contribution < 1.29 is 5.11 Å². The molecule has 1 fully saturated rings. The standard InChI is InChI=1S/C9H15N3O/c13-9(3-1-4-10-7-9)8-12-6-2-5-11-12/h2,5-6,10,13H,1,3-4,7-8H2. The number of nitrogens with one attached hydrogen (secondary N) is 1. The fourth-order valence-electron chi connectivity index (χ4n) is 1.78. The van der Waals surface area contributed by atoms with Gasteiger partial charge in [0.15, 0.2) is 0 Å². The van der Waals surface area contributed by atoms with Gasteiger partial charge in [0.2, 0.25) is 0 Å². The number of aromatic nitrogens is 2. The highest BCUT2D eigenvalue weighted by Crippen LogP contribution is 2.17. The topological polar surface area (TPSA) is 50.1 Å². The lowest BCUT2D eigenvalue weighted by molar-refractivity contribution is -0.00222. The van der Waals surface area contributed by atoms with Crippen LogP contribution in [0.3, 0.4) is 0 Å². The Balaban J connectivity index is 1.99. The first kappa shape index (κ1) is 8.72. The lowest BCUT2D eigenvalue weighted by atomic mass is 9.94. The third-order valence-electron chi connectivity index (χ3n) is 2.47. The molecule has 1 saturated heterocycles. The van der Waals surface area contributed by atoms with Gasteiger partial charge >= 0.3 is 0 Å². The highest BCUT2D eigenvalue weighted by atomic mass is 16.3. The van der Waals surface area contributed by atoms with Crippen molar-refractivity contribution in [2.45, 2.75) is 25.0 Å². The van der Waals surface area contributed by atoms with E-state index in [0.29, 0.717) is 13.1 Å². The van der Waals surface area contributed by atoms with E-state index in [-0.39, 0.29) is 0 Å². The molecule has 1 aliphatic heterocycles. The van der Waals surface area contributed by atoms with Crippen LogP contribution in [0, 0.1) is 0 Å². The third-order valence-corrected chi connectivity index (χ3v) is 2.47. The molecule has 0 amide bonds. The van der Waals surface area contributed by atoms with Gasteiger partial charge in [0, 0.05) is 18.9 Å². The second kappa shape index (κ2) is 3.47. The van der Waals surface area contributed by atoms with Crippen LogP contribution >= 0.6 is 0 Å². The smallest absolute Gasteiger partial charge is 0.0966 e. The summed E-state index contributed by atoms with van der Waals surface area (Å²) in [6.07, 6.45) is 5.52. The van der Waals surface area contributed by atoms with Crippen LogP contribution in [-0.2, 0) is 6.54 Å². The Hall–Kier alpha value is -0.870. The molecule has 0 aromatic carbocycles. The summed E-state index contributed by atoms with van der Waals surface area (Å²) in [4.78, 5) is 0. The van der Waals surface area contributed by atoms with Gasteiger partial charge < -0.3 is 10.4 Å². The monoisotopic (exact) mass is 181 g/mol. The van der Waals surface area contributed by atoms with Crippen molar-refractivity contribution >= 4 is 0 Å². The summed E-state index contributed by atoms with van der Waals surface area (Å²) < 4.78 is 1.78. The zero-order valence-electron chi connectivity index (χ0n) is 7.61. The molecule has 1 unspecified atom stereocenters. The highest BCUT2D eigenvalue weighted by Gasteiger charge is 2.29. The van der Waals surface area contributed by atoms with E-state index in [1.807, 2.05) is 12.3 Å². The first-order chi connectivity index (χ1) is 6.29. The highest BCUT2D eigenvalue weighted by molar-refractivity contribution is 4.87. The van der Waals surface area contributed by atoms with Crippen molar-refractivity contribution in [2.24, 2.45) is 0 Å². The number of hydrogen-bond donors (Lipinski definition) is 2. The van der Waals surface area contributed by atoms with E-state index in [9.17, 15) is 5.11 Å². The predicted octanol–water partition coefficient (Wildman–Crippen LogP) is -0.00240. The van der Waals surface area contributed by atoms with Crippen LogP contribution in [0.15, 0.2) is 18.5 Å². The normalized spacial score (nSPS) is 29.0. The molecule has 0 bridgehead atoms. The maximum Gasteiger partial charge on any atom is 0.0966 e. The summed E-state index contributed by atoms with van der Waals surface area (Å²) in [6.45, 7) is 2.28. The Morgan fingerprint density at radius 3 is 3.15 bits per heavy atom. The first-order valence-corrected chi connectivity index (χ1v) is 4.69. The summed E-state index contributed by atoms with van der Waals surface area (Å²) in [5.74, 6) is 0. The largest absolute Gasteiger partial charge is 0.387 e. The van der Waals surface area contributed by atoms with Crippen LogP contribution in [0.1, 0.15) is 12.8 Å². The summed E-state index contributed by atoms with van der Waals surface area (Å²) >= 11 is 0. The van der Waals surface area contributed by atoms with Gasteiger partial charge in [-0.15, -0.1) is 0 Å². The van der Waals surface area contributed by atoms with E-state index in [4.69, 9.17) is 0 Å². The van der Waals surface area contributed by atoms with Crippen LogP contribution in [0.2, 0.25) is 0 Å². The Morgan fingerprint density at radius 1 is 1.62 bits per heavy atom. The molecule has 4 heteroatoms. The minimum absolute atomic E-state index is 0.590. The van der Waals surface area contributed by atoms with Gasteiger partial charge in [-0.1, -0.05) is 0 Å². The summed E-state index contributed by atoms with van der Waals surface area (Å²) in [6, 6.07) is 1.87. The summed E-state index contributed by atoms with van der Waals surface area (Å²) in [5, 5.41) is 17.4. The van der Waals surface area contributed by atoms with Crippen molar-refractivity contribution in [1.82, 2.24) is 15.1 Å². The number of β-amino-alcohol motifs (C(OH)–C–C–N with tert-alkyl or cyclic N) is 1. The van der Waals surface area contributed by atoms with Gasteiger partial charge in [-0.05, 0) is 25.5 Å². The Bertz CT molecular complexity index is 252. The quantitative estimate of drug-likeness (QED) is 0.675. The van der Waals surface area contributed by atoms with Gasteiger partial charge in [0.1, 0.15) is 0 Å². The Labute approximate surface area is 77.6 Å². The van der Waals surface area contributed by atoms with Gasteiger partial charge in [0.05, 0.1) is 12.1 Å². The van der Waals surface area contributed by atoms with Crippen LogP contribution in [0.4, 0.5) is 0 Å². The van der Waals surface area contributed by atoms with Crippen LogP contribution in [-0.4, -0.2) is 33.6 Å². The Morgan fingerprint density at radius 2 is 2.54 bits per heavy atom. The molecule has 0 radical (unpaired) electrons.